The summed E-state index contributed by atoms with van der Waals surface area (Å²) >= 11 is 1.63. The predicted molar refractivity (Wildman–Crippen MR) is 49.8 cm³/mol. The number of hydrogen-bond acceptors (Lipinski definition) is 2. The number of nitrogens with two attached hydrogens (primary N) is 1. The molecule has 0 amide bonds. The molecule has 0 aliphatic rings. The molecule has 13 heavy (non-hydrogen) atoms. The number of hydrogen-bond donors (Lipinski definition) is 1. The van der Waals surface area contributed by atoms with Gasteiger partial charge in [0.15, 0.2) is 0 Å². The van der Waals surface area contributed by atoms with E-state index in [1.807, 2.05) is 0 Å². The molecule has 2 N–H and O–H groups in total. The Morgan fingerprint density at radius 3 is 2.62 bits per heavy atom. The molecule has 2 nitrogen and oxygen atoms in total. The van der Waals surface area contributed by atoms with E-state index in [-0.39, 0.29) is 15.9 Å². The molecule has 0 aliphatic heterocycles. The van der Waals surface area contributed by atoms with Crippen LogP contribution < -0.4 is 5.73 Å². The molecule has 0 fully saturated rings. The van der Waals surface area contributed by atoms with Crippen LogP contribution in [0.25, 0.3) is 0 Å². The predicted octanol–water partition coefficient (Wildman–Crippen LogP) is 2.22. The Morgan fingerprint density at radius 1 is 1.54 bits per heavy atom. The lowest BCUT2D eigenvalue weighted by Gasteiger charge is -2.05. The molecular weight excluding hydrogens is 296 g/mol. The lowest BCUT2D eigenvalue weighted by Crippen LogP contribution is -2.06. The molecule has 72 valence electrons. The van der Waals surface area contributed by atoms with E-state index in [9.17, 15) is 13.2 Å². The third kappa shape index (κ3) is 2.31. The van der Waals surface area contributed by atoms with Crippen molar-refractivity contribution >= 4 is 22.6 Å². The van der Waals surface area contributed by atoms with Gasteiger partial charge in [-0.1, -0.05) is 0 Å². The summed E-state index contributed by atoms with van der Waals surface area (Å²) in [6, 6.07) is 0.779. The summed E-state index contributed by atoms with van der Waals surface area (Å²) in [7, 11) is 0. The fourth-order valence-electron chi connectivity index (χ4n) is 0.812. The van der Waals surface area contributed by atoms with Crippen LogP contribution in [0, 0.1) is 9.52 Å². The van der Waals surface area contributed by atoms with E-state index < -0.39 is 17.8 Å². The minimum absolute atomic E-state index is 0.00815. The van der Waals surface area contributed by atoms with Crippen LogP contribution in [-0.2, 0) is 6.54 Å². The molecule has 0 aromatic carbocycles. The second kappa shape index (κ2) is 4.23. The molecule has 1 rings (SSSR count). The van der Waals surface area contributed by atoms with E-state index in [0.717, 1.165) is 6.07 Å². The van der Waals surface area contributed by atoms with Crippen LogP contribution in [0.2, 0.25) is 0 Å². The Morgan fingerprint density at radius 2 is 2.15 bits per heavy atom. The van der Waals surface area contributed by atoms with Crippen LogP contribution in [0.3, 0.4) is 0 Å². The van der Waals surface area contributed by atoms with Crippen molar-refractivity contribution in [2.24, 2.45) is 5.73 Å². The highest BCUT2D eigenvalue weighted by atomic mass is 127. The van der Waals surface area contributed by atoms with Crippen molar-refractivity contribution in [3.63, 3.8) is 0 Å². The smallest absolute Gasteiger partial charge is 0.266 e. The fourth-order valence-corrected chi connectivity index (χ4v) is 1.49. The van der Waals surface area contributed by atoms with Gasteiger partial charge in [0.05, 0.1) is 11.3 Å². The number of aromatic nitrogens is 1. The lowest BCUT2D eigenvalue weighted by atomic mass is 10.2. The lowest BCUT2D eigenvalue weighted by molar-refractivity contribution is 0.149. The van der Waals surface area contributed by atoms with E-state index in [1.165, 1.54) is 0 Å². The number of nitrogens with zero attached hydrogens (tertiary/aromatic N) is 1. The van der Waals surface area contributed by atoms with Gasteiger partial charge in [-0.25, -0.2) is 18.2 Å². The first-order chi connectivity index (χ1) is 6.06. The van der Waals surface area contributed by atoms with Gasteiger partial charge in [0.1, 0.15) is 9.52 Å². The van der Waals surface area contributed by atoms with Crippen molar-refractivity contribution in [1.29, 1.82) is 0 Å². The molecule has 0 spiro atoms. The molecule has 0 bridgehead atoms. The van der Waals surface area contributed by atoms with Crippen LogP contribution in [0.15, 0.2) is 6.07 Å². The molecule has 0 saturated heterocycles. The molecule has 0 saturated carbocycles. The Labute approximate surface area is 86.5 Å². The van der Waals surface area contributed by atoms with Gasteiger partial charge in [-0.05, 0) is 28.7 Å². The summed E-state index contributed by atoms with van der Waals surface area (Å²) in [5.41, 5.74) is 4.77. The summed E-state index contributed by atoms with van der Waals surface area (Å²) in [6.45, 7) is -0.0919. The minimum atomic E-state index is -2.71. The highest BCUT2D eigenvalue weighted by Gasteiger charge is 2.16. The Hall–Kier alpha value is -0.370. The van der Waals surface area contributed by atoms with Gasteiger partial charge >= 0.3 is 0 Å². The third-order valence-corrected chi connectivity index (χ3v) is 2.32. The van der Waals surface area contributed by atoms with Gasteiger partial charge in [-0.15, -0.1) is 0 Å². The zero-order valence-electron chi connectivity index (χ0n) is 6.40. The molecule has 1 aromatic rings. The minimum Gasteiger partial charge on any atom is -0.325 e. The first-order valence-corrected chi connectivity index (χ1v) is 4.47. The Bertz CT molecular complexity index is 317. The molecular formula is C7H6F3IN2. The van der Waals surface area contributed by atoms with Crippen LogP contribution in [0.4, 0.5) is 13.2 Å². The van der Waals surface area contributed by atoms with Crippen molar-refractivity contribution in [2.45, 2.75) is 13.0 Å². The van der Waals surface area contributed by atoms with Gasteiger partial charge in [0.2, 0.25) is 0 Å². The van der Waals surface area contributed by atoms with Crippen LogP contribution in [0.1, 0.15) is 17.7 Å². The summed E-state index contributed by atoms with van der Waals surface area (Å²) in [6.07, 6.45) is -2.71. The average molecular weight is 302 g/mol. The fraction of sp³-hybridized carbons (Fsp3) is 0.286. The van der Waals surface area contributed by atoms with E-state index >= 15 is 0 Å². The third-order valence-electron chi connectivity index (χ3n) is 1.46. The number of pyridine rings is 1. The van der Waals surface area contributed by atoms with Gasteiger partial charge in [-0.3, -0.25) is 0 Å². The molecule has 1 aromatic heterocycles. The quantitative estimate of drug-likeness (QED) is 0.672. The molecule has 1 heterocycles. The average Bonchev–Trinajstić information content (AvgIpc) is 2.07. The molecule has 0 aliphatic carbocycles. The van der Waals surface area contributed by atoms with Crippen LogP contribution in [-0.4, -0.2) is 4.98 Å². The van der Waals surface area contributed by atoms with Gasteiger partial charge in [0, 0.05) is 6.54 Å². The maximum Gasteiger partial charge on any atom is 0.266 e. The highest BCUT2D eigenvalue weighted by Crippen LogP contribution is 2.24. The normalized spacial score (nSPS) is 10.9. The van der Waals surface area contributed by atoms with Crippen molar-refractivity contribution in [1.82, 2.24) is 4.98 Å². The molecule has 6 heteroatoms. The van der Waals surface area contributed by atoms with Gasteiger partial charge in [0.25, 0.3) is 6.43 Å². The van der Waals surface area contributed by atoms with Crippen LogP contribution >= 0.6 is 22.6 Å². The summed E-state index contributed by atoms with van der Waals surface area (Å²) in [5.74, 6) is -0.779. The van der Waals surface area contributed by atoms with Crippen molar-refractivity contribution in [2.75, 3.05) is 0 Å². The maximum atomic E-state index is 12.9. The van der Waals surface area contributed by atoms with Crippen molar-refractivity contribution in [3.05, 3.63) is 26.8 Å². The largest absolute Gasteiger partial charge is 0.325 e. The SMILES string of the molecule is NCc1nc(I)c(C(F)F)cc1F. The van der Waals surface area contributed by atoms with Crippen LogP contribution in [0.5, 0.6) is 0 Å². The molecule has 0 unspecified atom stereocenters. The summed E-state index contributed by atoms with van der Waals surface area (Å²) < 4.78 is 37.4. The van der Waals surface area contributed by atoms with Gasteiger partial charge in [-0.2, -0.15) is 0 Å². The van der Waals surface area contributed by atoms with E-state index in [1.54, 1.807) is 22.6 Å². The standard InChI is InChI=1S/C7H6F3IN2/c8-4-1-3(6(9)10)7(11)13-5(4)2-12/h1,6H,2,12H2. The maximum absolute atomic E-state index is 12.9. The zero-order valence-corrected chi connectivity index (χ0v) is 8.56. The Kier molecular flexibility index (Phi) is 3.48. The summed E-state index contributed by atoms with van der Waals surface area (Å²) in [4.78, 5) is 3.62. The first-order valence-electron chi connectivity index (χ1n) is 3.39. The summed E-state index contributed by atoms with van der Waals surface area (Å²) in [5, 5.41) is 0. The van der Waals surface area contributed by atoms with E-state index in [2.05, 4.69) is 4.98 Å². The first kappa shape index (κ1) is 10.7. The zero-order chi connectivity index (χ0) is 10.0. The topological polar surface area (TPSA) is 38.9 Å². The van der Waals surface area contributed by atoms with Crippen molar-refractivity contribution in [3.8, 4) is 0 Å². The second-order valence-corrected chi connectivity index (χ2v) is 3.32. The number of rotatable bonds is 2. The number of alkyl halides is 2. The van der Waals surface area contributed by atoms with E-state index in [4.69, 9.17) is 5.73 Å². The second-order valence-electron chi connectivity index (χ2n) is 2.30. The Balaban J connectivity index is 3.20. The molecule has 0 radical (unpaired) electrons. The monoisotopic (exact) mass is 302 g/mol. The van der Waals surface area contributed by atoms with Gasteiger partial charge < -0.3 is 5.73 Å². The van der Waals surface area contributed by atoms with E-state index in [0.29, 0.717) is 0 Å². The molecule has 0 atom stereocenters. The van der Waals surface area contributed by atoms with Crippen molar-refractivity contribution < 1.29 is 13.2 Å². The highest BCUT2D eigenvalue weighted by molar-refractivity contribution is 14.1. The number of halogens is 4.